The van der Waals surface area contributed by atoms with Crippen LogP contribution in [-0.2, 0) is 10.0 Å². The molecule has 1 amide bonds. The van der Waals surface area contributed by atoms with Crippen molar-refractivity contribution in [3.05, 3.63) is 78.4 Å². The Balaban J connectivity index is 1.68. The quantitative estimate of drug-likeness (QED) is 0.537. The number of carbonyl (C=O) groups is 1. The maximum atomic E-state index is 12.6. The molecule has 0 aliphatic carbocycles. The molecule has 0 saturated carbocycles. The van der Waals surface area contributed by atoms with E-state index in [2.05, 4.69) is 10.0 Å². The van der Waals surface area contributed by atoms with Crippen LogP contribution in [0.3, 0.4) is 0 Å². The van der Waals surface area contributed by atoms with Crippen LogP contribution in [0, 0.1) is 0 Å². The highest BCUT2D eigenvalue weighted by Gasteiger charge is 2.15. The maximum Gasteiger partial charge on any atom is 0.261 e. The predicted molar refractivity (Wildman–Crippen MR) is 120 cm³/mol. The van der Waals surface area contributed by atoms with E-state index >= 15 is 0 Å². The number of ether oxygens (including phenoxy) is 2. The van der Waals surface area contributed by atoms with Gasteiger partial charge in [-0.1, -0.05) is 6.07 Å². The van der Waals surface area contributed by atoms with Crippen LogP contribution in [0.4, 0.5) is 11.4 Å². The summed E-state index contributed by atoms with van der Waals surface area (Å²) in [7, 11) is -2.23. The van der Waals surface area contributed by atoms with Crippen LogP contribution < -0.4 is 19.5 Å². The molecule has 162 valence electrons. The first kappa shape index (κ1) is 22.2. The van der Waals surface area contributed by atoms with Crippen LogP contribution in [-0.4, -0.2) is 27.5 Å². The third-order valence-electron chi connectivity index (χ3n) is 4.23. The Bertz CT molecular complexity index is 1140. The highest BCUT2D eigenvalue weighted by atomic mass is 32.2. The summed E-state index contributed by atoms with van der Waals surface area (Å²) in [5.74, 6) is 0.916. The van der Waals surface area contributed by atoms with Crippen LogP contribution in [0.25, 0.3) is 0 Å². The van der Waals surface area contributed by atoms with Crippen molar-refractivity contribution >= 4 is 27.3 Å². The van der Waals surface area contributed by atoms with Gasteiger partial charge in [0.25, 0.3) is 15.9 Å². The van der Waals surface area contributed by atoms with Crippen LogP contribution in [0.15, 0.2) is 77.7 Å². The van der Waals surface area contributed by atoms with Crippen LogP contribution in [0.1, 0.15) is 24.2 Å². The average Bonchev–Trinajstić information content (AvgIpc) is 2.74. The van der Waals surface area contributed by atoms with Gasteiger partial charge in [-0.2, -0.15) is 0 Å². The lowest BCUT2D eigenvalue weighted by Crippen LogP contribution is -2.14. The number of rotatable bonds is 8. The number of hydrogen-bond donors (Lipinski definition) is 2. The fourth-order valence-electron chi connectivity index (χ4n) is 2.78. The molecule has 0 aromatic heterocycles. The van der Waals surface area contributed by atoms with Gasteiger partial charge < -0.3 is 14.8 Å². The van der Waals surface area contributed by atoms with E-state index < -0.39 is 10.0 Å². The summed E-state index contributed by atoms with van der Waals surface area (Å²) < 4.78 is 38.4. The van der Waals surface area contributed by atoms with Crippen molar-refractivity contribution in [2.45, 2.75) is 24.8 Å². The molecule has 3 rings (SSSR count). The molecular formula is C23H24N2O5S. The van der Waals surface area contributed by atoms with Crippen molar-refractivity contribution in [2.75, 3.05) is 17.1 Å². The molecule has 0 bridgehead atoms. The lowest BCUT2D eigenvalue weighted by atomic mass is 10.2. The van der Waals surface area contributed by atoms with E-state index in [-0.39, 0.29) is 16.9 Å². The van der Waals surface area contributed by atoms with Gasteiger partial charge in [0.2, 0.25) is 0 Å². The number of methoxy groups -OCH3 is 1. The highest BCUT2D eigenvalue weighted by molar-refractivity contribution is 7.92. The number of anilines is 2. The molecule has 2 N–H and O–H groups in total. The molecule has 0 radical (unpaired) electrons. The SMILES string of the molecule is COc1ccc(NS(=O)(=O)c2ccc(NC(=O)c3cccc(OC(C)C)c3)cc2)cc1. The molecule has 0 heterocycles. The summed E-state index contributed by atoms with van der Waals surface area (Å²) in [6.45, 7) is 3.82. The normalized spacial score (nSPS) is 11.1. The van der Waals surface area contributed by atoms with Crippen LogP contribution in [0.2, 0.25) is 0 Å². The zero-order valence-electron chi connectivity index (χ0n) is 17.5. The summed E-state index contributed by atoms with van der Waals surface area (Å²) >= 11 is 0. The molecule has 7 nitrogen and oxygen atoms in total. The summed E-state index contributed by atoms with van der Waals surface area (Å²) in [4.78, 5) is 12.6. The number of hydrogen-bond acceptors (Lipinski definition) is 5. The summed E-state index contributed by atoms with van der Waals surface area (Å²) in [6.07, 6.45) is -0.000621. The molecule has 8 heteroatoms. The van der Waals surface area contributed by atoms with Crippen LogP contribution in [0.5, 0.6) is 11.5 Å². The van der Waals surface area contributed by atoms with Crippen molar-refractivity contribution < 1.29 is 22.7 Å². The van der Waals surface area contributed by atoms with E-state index in [0.29, 0.717) is 28.4 Å². The average molecular weight is 441 g/mol. The third kappa shape index (κ3) is 5.99. The lowest BCUT2D eigenvalue weighted by Gasteiger charge is -2.12. The van der Waals surface area contributed by atoms with Crippen molar-refractivity contribution in [1.82, 2.24) is 0 Å². The Morgan fingerprint density at radius 2 is 1.52 bits per heavy atom. The number of amides is 1. The Labute approximate surface area is 182 Å². The summed E-state index contributed by atoms with van der Waals surface area (Å²) in [6, 6.07) is 19.4. The largest absolute Gasteiger partial charge is 0.497 e. The second kappa shape index (κ2) is 9.53. The molecular weight excluding hydrogens is 416 g/mol. The predicted octanol–water partition coefficient (Wildman–Crippen LogP) is 4.54. The second-order valence-corrected chi connectivity index (χ2v) is 8.69. The molecule has 0 atom stereocenters. The second-order valence-electron chi connectivity index (χ2n) is 7.01. The van der Waals surface area contributed by atoms with Crippen molar-refractivity contribution in [3.8, 4) is 11.5 Å². The number of carbonyl (C=O) groups excluding carboxylic acids is 1. The van der Waals surface area contributed by atoms with E-state index in [1.165, 1.54) is 31.4 Å². The fourth-order valence-corrected chi connectivity index (χ4v) is 3.84. The smallest absolute Gasteiger partial charge is 0.261 e. The Hall–Kier alpha value is -3.52. The minimum absolute atomic E-state index is 0.000621. The first-order chi connectivity index (χ1) is 14.8. The first-order valence-corrected chi connectivity index (χ1v) is 11.1. The summed E-state index contributed by atoms with van der Waals surface area (Å²) in [5, 5.41) is 2.76. The molecule has 0 spiro atoms. The van der Waals surface area contributed by atoms with Crippen LogP contribution >= 0.6 is 0 Å². The fraction of sp³-hybridized carbons (Fsp3) is 0.174. The van der Waals surface area contributed by atoms with Gasteiger partial charge in [-0.25, -0.2) is 8.42 Å². The monoisotopic (exact) mass is 440 g/mol. The molecule has 0 unspecified atom stereocenters. The van der Waals surface area contributed by atoms with E-state index in [9.17, 15) is 13.2 Å². The van der Waals surface area contributed by atoms with Gasteiger partial charge >= 0.3 is 0 Å². The number of sulfonamides is 1. The number of nitrogens with one attached hydrogen (secondary N) is 2. The molecule has 0 fully saturated rings. The highest BCUT2D eigenvalue weighted by Crippen LogP contribution is 2.21. The van der Waals surface area contributed by atoms with Gasteiger partial charge in [0.05, 0.1) is 18.1 Å². The Morgan fingerprint density at radius 3 is 2.13 bits per heavy atom. The minimum atomic E-state index is -3.77. The topological polar surface area (TPSA) is 93.7 Å². The van der Waals surface area contributed by atoms with E-state index in [1.54, 1.807) is 48.5 Å². The molecule has 3 aromatic rings. The molecule has 0 aliphatic heterocycles. The van der Waals surface area contributed by atoms with Gasteiger partial charge in [-0.3, -0.25) is 9.52 Å². The first-order valence-electron chi connectivity index (χ1n) is 9.62. The molecule has 31 heavy (non-hydrogen) atoms. The standard InChI is InChI=1S/C23H24N2O5S/c1-16(2)30-21-6-4-5-17(15-21)23(26)24-18-9-13-22(14-10-18)31(27,28)25-19-7-11-20(29-3)12-8-19/h4-16,25H,1-3H3,(H,24,26). The van der Waals surface area contributed by atoms with Crippen molar-refractivity contribution in [1.29, 1.82) is 0 Å². The zero-order chi connectivity index (χ0) is 22.4. The molecule has 0 aliphatic rings. The Kier molecular flexibility index (Phi) is 6.81. The van der Waals surface area contributed by atoms with Gasteiger partial charge in [0.1, 0.15) is 11.5 Å². The van der Waals surface area contributed by atoms with Gasteiger partial charge in [-0.05, 0) is 80.6 Å². The number of benzene rings is 3. The van der Waals surface area contributed by atoms with E-state index in [1.807, 2.05) is 13.8 Å². The van der Waals surface area contributed by atoms with Crippen molar-refractivity contribution in [3.63, 3.8) is 0 Å². The van der Waals surface area contributed by atoms with E-state index in [4.69, 9.17) is 9.47 Å². The van der Waals surface area contributed by atoms with Gasteiger partial charge in [0.15, 0.2) is 0 Å². The van der Waals surface area contributed by atoms with Gasteiger partial charge in [0, 0.05) is 16.9 Å². The molecule has 0 saturated heterocycles. The third-order valence-corrected chi connectivity index (χ3v) is 5.63. The van der Waals surface area contributed by atoms with E-state index in [0.717, 1.165) is 0 Å². The summed E-state index contributed by atoms with van der Waals surface area (Å²) in [5.41, 5.74) is 1.33. The van der Waals surface area contributed by atoms with Gasteiger partial charge in [-0.15, -0.1) is 0 Å². The zero-order valence-corrected chi connectivity index (χ0v) is 18.3. The van der Waals surface area contributed by atoms with Crippen molar-refractivity contribution in [2.24, 2.45) is 0 Å². The minimum Gasteiger partial charge on any atom is -0.497 e. The Morgan fingerprint density at radius 1 is 0.871 bits per heavy atom. The molecule has 3 aromatic carbocycles. The maximum absolute atomic E-state index is 12.6. The lowest BCUT2D eigenvalue weighted by molar-refractivity contribution is 0.102.